The van der Waals surface area contributed by atoms with Gasteiger partial charge in [-0.25, -0.2) is 4.98 Å². The first-order chi connectivity index (χ1) is 7.65. The van der Waals surface area contributed by atoms with Gasteiger partial charge < -0.3 is 15.0 Å². The highest BCUT2D eigenvalue weighted by Crippen LogP contribution is 2.13. The zero-order valence-corrected chi connectivity index (χ0v) is 10.1. The van der Waals surface area contributed by atoms with Crippen molar-refractivity contribution in [2.24, 2.45) is 0 Å². The van der Waals surface area contributed by atoms with Crippen molar-refractivity contribution in [2.75, 3.05) is 31.0 Å². The van der Waals surface area contributed by atoms with Crippen LogP contribution in [0.1, 0.15) is 6.42 Å². The molecule has 0 aliphatic carbocycles. The van der Waals surface area contributed by atoms with E-state index in [-0.39, 0.29) is 11.3 Å². The van der Waals surface area contributed by atoms with Gasteiger partial charge in [-0.1, -0.05) is 0 Å². The lowest BCUT2D eigenvalue weighted by Crippen LogP contribution is -2.15. The highest BCUT2D eigenvalue weighted by molar-refractivity contribution is 7.84. The maximum Gasteiger partial charge on any atom is 0.295 e. The van der Waals surface area contributed by atoms with Gasteiger partial charge in [0.05, 0.1) is 13.4 Å². The number of ether oxygens (including phenoxy) is 1. The highest BCUT2D eigenvalue weighted by Gasteiger charge is 2.07. The Kier molecular flexibility index (Phi) is 4.97. The zero-order chi connectivity index (χ0) is 12.0. The molecule has 1 aromatic heterocycles. The van der Waals surface area contributed by atoms with E-state index in [1.165, 1.54) is 13.4 Å². The number of aromatic nitrogens is 2. The molecule has 0 aliphatic rings. The van der Waals surface area contributed by atoms with Crippen molar-refractivity contribution in [3.63, 3.8) is 0 Å². The van der Waals surface area contributed by atoms with Crippen LogP contribution < -0.4 is 15.6 Å². The Hall–Kier alpha value is -1.37. The van der Waals surface area contributed by atoms with E-state index in [2.05, 4.69) is 15.3 Å². The third kappa shape index (κ3) is 3.65. The van der Waals surface area contributed by atoms with Crippen LogP contribution in [-0.4, -0.2) is 39.8 Å². The van der Waals surface area contributed by atoms with Crippen molar-refractivity contribution in [3.8, 4) is 5.75 Å². The number of aromatic amines is 1. The molecule has 1 rings (SSSR count). The predicted octanol–water partition coefficient (Wildman–Crippen LogP) is -0.0410. The quantitative estimate of drug-likeness (QED) is 0.687. The normalized spacial score (nSPS) is 12.1. The van der Waals surface area contributed by atoms with E-state index in [0.717, 1.165) is 6.42 Å². The third-order valence-electron chi connectivity index (χ3n) is 1.92. The molecule has 0 spiro atoms. The number of rotatable bonds is 6. The minimum Gasteiger partial charge on any atom is -0.489 e. The summed E-state index contributed by atoms with van der Waals surface area (Å²) in [7, 11) is 0.621. The molecule has 2 N–H and O–H groups in total. The molecule has 0 saturated carbocycles. The van der Waals surface area contributed by atoms with Gasteiger partial charge in [-0.15, -0.1) is 0 Å². The highest BCUT2D eigenvalue weighted by atomic mass is 32.2. The van der Waals surface area contributed by atoms with Crippen LogP contribution in [-0.2, 0) is 10.8 Å². The predicted molar refractivity (Wildman–Crippen MR) is 63.4 cm³/mol. The van der Waals surface area contributed by atoms with E-state index in [0.29, 0.717) is 18.1 Å². The zero-order valence-electron chi connectivity index (χ0n) is 9.28. The fourth-order valence-electron chi connectivity index (χ4n) is 1.18. The molecule has 1 aromatic rings. The van der Waals surface area contributed by atoms with Gasteiger partial charge in [0, 0.05) is 29.4 Å². The summed E-state index contributed by atoms with van der Waals surface area (Å²) in [4.78, 5) is 17.7. The van der Waals surface area contributed by atoms with Gasteiger partial charge in [0.2, 0.25) is 5.75 Å². The number of hydrogen-bond acceptors (Lipinski definition) is 5. The van der Waals surface area contributed by atoms with E-state index < -0.39 is 10.8 Å². The molecular weight excluding hydrogens is 230 g/mol. The Morgan fingerprint density at radius 2 is 2.38 bits per heavy atom. The molecule has 0 radical (unpaired) electrons. The Morgan fingerprint density at radius 3 is 3.00 bits per heavy atom. The van der Waals surface area contributed by atoms with Crippen molar-refractivity contribution < 1.29 is 8.95 Å². The molecule has 6 nitrogen and oxygen atoms in total. The third-order valence-corrected chi connectivity index (χ3v) is 2.78. The average Bonchev–Trinajstić information content (AvgIpc) is 2.24. The van der Waals surface area contributed by atoms with Gasteiger partial charge in [0.1, 0.15) is 0 Å². The van der Waals surface area contributed by atoms with Gasteiger partial charge in [0.15, 0.2) is 5.82 Å². The summed E-state index contributed by atoms with van der Waals surface area (Å²) in [5.74, 6) is 1.20. The van der Waals surface area contributed by atoms with Crippen LogP contribution in [0.5, 0.6) is 5.75 Å². The Morgan fingerprint density at radius 1 is 1.62 bits per heavy atom. The van der Waals surface area contributed by atoms with Gasteiger partial charge in [-0.3, -0.25) is 9.00 Å². The molecule has 7 heteroatoms. The maximum atomic E-state index is 11.3. The van der Waals surface area contributed by atoms with Gasteiger partial charge in [-0.05, 0) is 6.42 Å². The molecule has 0 aliphatic heterocycles. The van der Waals surface area contributed by atoms with Crippen LogP contribution in [0, 0.1) is 0 Å². The van der Waals surface area contributed by atoms with Crippen LogP contribution >= 0.6 is 0 Å². The molecule has 1 unspecified atom stereocenters. The van der Waals surface area contributed by atoms with Crippen LogP contribution in [0.3, 0.4) is 0 Å². The first-order valence-corrected chi connectivity index (χ1v) is 6.53. The second kappa shape index (κ2) is 6.26. The number of nitrogens with zero attached hydrogens (tertiary/aromatic N) is 1. The number of H-pyrrole nitrogens is 1. The molecule has 1 atom stereocenters. The molecule has 90 valence electrons. The molecule has 0 bridgehead atoms. The van der Waals surface area contributed by atoms with E-state index in [1.807, 2.05) is 0 Å². The number of hydrogen-bond donors (Lipinski definition) is 2. The van der Waals surface area contributed by atoms with E-state index in [9.17, 15) is 9.00 Å². The number of nitrogens with one attached hydrogen (secondary N) is 2. The summed E-state index contributed by atoms with van der Waals surface area (Å²) in [5, 5.41) is 2.97. The molecule has 0 fully saturated rings. The minimum absolute atomic E-state index is 0.167. The summed E-state index contributed by atoms with van der Waals surface area (Å²) in [5.41, 5.74) is -0.320. The fraction of sp³-hybridized carbons (Fsp3) is 0.556. The largest absolute Gasteiger partial charge is 0.489 e. The SMILES string of the molecule is COc1c(NCCCS(C)=O)nc[nH]c1=O. The summed E-state index contributed by atoms with van der Waals surface area (Å²) in [6.07, 6.45) is 3.72. The van der Waals surface area contributed by atoms with E-state index in [4.69, 9.17) is 4.74 Å². The molecule has 0 saturated heterocycles. The summed E-state index contributed by atoms with van der Waals surface area (Å²) in [6.45, 7) is 0.604. The Labute approximate surface area is 95.9 Å². The first kappa shape index (κ1) is 12.7. The lowest BCUT2D eigenvalue weighted by molar-refractivity contribution is 0.408. The Bertz CT molecular complexity index is 419. The van der Waals surface area contributed by atoms with Gasteiger partial charge in [0.25, 0.3) is 5.56 Å². The van der Waals surface area contributed by atoms with Crippen LogP contribution in [0.15, 0.2) is 11.1 Å². The smallest absolute Gasteiger partial charge is 0.295 e. The summed E-state index contributed by atoms with van der Waals surface area (Å²) >= 11 is 0. The fourth-order valence-corrected chi connectivity index (χ4v) is 1.74. The minimum atomic E-state index is -0.795. The Balaban J connectivity index is 2.57. The van der Waals surface area contributed by atoms with Crippen LogP contribution in [0.2, 0.25) is 0 Å². The molecule has 1 heterocycles. The first-order valence-electron chi connectivity index (χ1n) is 4.80. The monoisotopic (exact) mass is 245 g/mol. The van der Waals surface area contributed by atoms with Gasteiger partial charge >= 0.3 is 0 Å². The van der Waals surface area contributed by atoms with Crippen molar-refractivity contribution in [1.82, 2.24) is 9.97 Å². The second-order valence-electron chi connectivity index (χ2n) is 3.17. The lowest BCUT2D eigenvalue weighted by Gasteiger charge is -2.07. The lowest BCUT2D eigenvalue weighted by atomic mass is 10.4. The second-order valence-corrected chi connectivity index (χ2v) is 4.73. The maximum absolute atomic E-state index is 11.3. The average molecular weight is 245 g/mol. The standard InChI is InChI=1S/C9H15N3O3S/c1-15-7-8(11-6-12-9(7)13)10-4-3-5-16(2)14/h6H,3-5H2,1-2H3,(H2,10,11,12,13). The van der Waals surface area contributed by atoms with Crippen LogP contribution in [0.25, 0.3) is 0 Å². The van der Waals surface area contributed by atoms with E-state index in [1.54, 1.807) is 6.26 Å². The number of methoxy groups -OCH3 is 1. The molecular formula is C9H15N3O3S. The van der Waals surface area contributed by atoms with Crippen molar-refractivity contribution in [2.45, 2.75) is 6.42 Å². The molecule has 16 heavy (non-hydrogen) atoms. The van der Waals surface area contributed by atoms with Gasteiger partial charge in [-0.2, -0.15) is 0 Å². The number of anilines is 1. The van der Waals surface area contributed by atoms with Crippen molar-refractivity contribution >= 4 is 16.6 Å². The van der Waals surface area contributed by atoms with Crippen molar-refractivity contribution in [1.29, 1.82) is 0 Å². The topological polar surface area (TPSA) is 84.1 Å². The summed E-state index contributed by atoms with van der Waals surface area (Å²) in [6, 6.07) is 0. The van der Waals surface area contributed by atoms with Crippen LogP contribution in [0.4, 0.5) is 5.82 Å². The molecule has 0 amide bonds. The summed E-state index contributed by atoms with van der Waals surface area (Å²) < 4.78 is 15.7. The molecule has 0 aromatic carbocycles. The van der Waals surface area contributed by atoms with Crippen molar-refractivity contribution in [3.05, 3.63) is 16.7 Å². The van der Waals surface area contributed by atoms with E-state index >= 15 is 0 Å².